The van der Waals surface area contributed by atoms with Crippen LogP contribution in [0.25, 0.3) is 0 Å². The van der Waals surface area contributed by atoms with Crippen LogP contribution in [0.15, 0.2) is 42.7 Å². The fourth-order valence-corrected chi connectivity index (χ4v) is 2.27. The number of hydrogen-bond acceptors (Lipinski definition) is 3. The van der Waals surface area contributed by atoms with Gasteiger partial charge in [-0.05, 0) is 17.7 Å². The van der Waals surface area contributed by atoms with Crippen LogP contribution in [0.1, 0.15) is 5.56 Å². The maximum atomic E-state index is 11.7. The lowest BCUT2D eigenvalue weighted by atomic mass is 10.3. The molecule has 0 spiro atoms. The van der Waals surface area contributed by atoms with Gasteiger partial charge in [0.25, 0.3) is 0 Å². The van der Waals surface area contributed by atoms with Crippen LogP contribution in [-0.2, 0) is 17.6 Å². The van der Waals surface area contributed by atoms with Crippen molar-refractivity contribution in [3.8, 4) is 0 Å². The van der Waals surface area contributed by atoms with Gasteiger partial charge in [-0.1, -0.05) is 18.2 Å². The molecule has 0 saturated heterocycles. The molecule has 0 atom stereocenters. The van der Waals surface area contributed by atoms with Crippen molar-refractivity contribution in [3.63, 3.8) is 0 Å². The minimum atomic E-state index is 0.0232. The van der Waals surface area contributed by atoms with Crippen molar-refractivity contribution >= 4 is 23.4 Å². The summed E-state index contributed by atoms with van der Waals surface area (Å²) >= 11 is 1.58. The Morgan fingerprint density at radius 1 is 1.39 bits per heavy atom. The zero-order chi connectivity index (χ0) is 12.8. The van der Waals surface area contributed by atoms with Crippen LogP contribution in [0, 0.1) is 0 Å². The summed E-state index contributed by atoms with van der Waals surface area (Å²) in [5, 5.41) is 6.94. The smallest absolute Gasteiger partial charge is 0.234 e. The van der Waals surface area contributed by atoms with Gasteiger partial charge in [0, 0.05) is 24.7 Å². The van der Waals surface area contributed by atoms with Crippen LogP contribution in [-0.4, -0.2) is 21.4 Å². The second kappa shape index (κ2) is 6.26. The number of carbonyl (C=O) groups is 1. The summed E-state index contributed by atoms with van der Waals surface area (Å²) in [6.45, 7) is 0. The van der Waals surface area contributed by atoms with Crippen LogP contribution >= 0.6 is 11.8 Å². The van der Waals surface area contributed by atoms with Gasteiger partial charge in [-0.3, -0.25) is 9.48 Å². The highest BCUT2D eigenvalue weighted by atomic mass is 32.2. The zero-order valence-electron chi connectivity index (χ0n) is 10.2. The molecule has 0 aliphatic rings. The summed E-state index contributed by atoms with van der Waals surface area (Å²) in [5.41, 5.74) is 1.97. The van der Waals surface area contributed by atoms with Gasteiger partial charge in [0.15, 0.2) is 0 Å². The number of rotatable bonds is 5. The first-order valence-corrected chi connectivity index (χ1v) is 6.79. The van der Waals surface area contributed by atoms with Gasteiger partial charge in [-0.15, -0.1) is 11.8 Å². The number of aryl methyl sites for hydroxylation is 1. The molecule has 1 aromatic carbocycles. The number of anilines is 1. The molecule has 0 radical (unpaired) electrons. The van der Waals surface area contributed by atoms with E-state index in [-0.39, 0.29) is 5.91 Å². The van der Waals surface area contributed by atoms with Crippen molar-refractivity contribution in [3.05, 3.63) is 48.3 Å². The fourth-order valence-electron chi connectivity index (χ4n) is 1.53. The minimum Gasteiger partial charge on any atom is -0.325 e. The van der Waals surface area contributed by atoms with Crippen LogP contribution < -0.4 is 5.32 Å². The van der Waals surface area contributed by atoms with Crippen molar-refractivity contribution in [1.29, 1.82) is 0 Å². The molecule has 94 valence electrons. The van der Waals surface area contributed by atoms with Gasteiger partial charge < -0.3 is 5.32 Å². The molecule has 2 rings (SSSR count). The third kappa shape index (κ3) is 3.92. The molecular weight excluding hydrogens is 246 g/mol. The zero-order valence-corrected chi connectivity index (χ0v) is 11.0. The standard InChI is InChI=1S/C13H15N3OS/c1-16-8-11(7-14-16)9-18-10-13(17)15-12-5-3-2-4-6-12/h2-8H,9-10H2,1H3,(H,15,17). The summed E-state index contributed by atoms with van der Waals surface area (Å²) < 4.78 is 1.76. The van der Waals surface area contributed by atoms with Gasteiger partial charge in [0.1, 0.15) is 0 Å². The molecule has 4 nitrogen and oxygen atoms in total. The fraction of sp³-hybridized carbons (Fsp3) is 0.231. The van der Waals surface area contributed by atoms with Crippen molar-refractivity contribution in [1.82, 2.24) is 9.78 Å². The molecule has 2 aromatic rings. The van der Waals surface area contributed by atoms with Gasteiger partial charge >= 0.3 is 0 Å². The molecule has 1 N–H and O–H groups in total. The van der Waals surface area contributed by atoms with Crippen molar-refractivity contribution in [2.45, 2.75) is 5.75 Å². The van der Waals surface area contributed by atoms with Gasteiger partial charge in [-0.25, -0.2) is 0 Å². The van der Waals surface area contributed by atoms with E-state index in [1.165, 1.54) is 0 Å². The number of benzene rings is 1. The van der Waals surface area contributed by atoms with Crippen LogP contribution in [0.5, 0.6) is 0 Å². The second-order valence-electron chi connectivity index (χ2n) is 3.93. The highest BCUT2D eigenvalue weighted by Crippen LogP contribution is 2.12. The summed E-state index contributed by atoms with van der Waals surface area (Å²) in [7, 11) is 1.89. The highest BCUT2D eigenvalue weighted by Gasteiger charge is 2.03. The molecule has 0 fully saturated rings. The van der Waals surface area contributed by atoms with Crippen molar-refractivity contribution < 1.29 is 4.79 Å². The minimum absolute atomic E-state index is 0.0232. The molecule has 0 unspecified atom stereocenters. The van der Waals surface area contributed by atoms with E-state index in [0.717, 1.165) is 17.0 Å². The van der Waals surface area contributed by atoms with Gasteiger partial charge in [0.05, 0.1) is 11.9 Å². The largest absolute Gasteiger partial charge is 0.325 e. The molecule has 1 amide bonds. The second-order valence-corrected chi connectivity index (χ2v) is 4.91. The monoisotopic (exact) mass is 261 g/mol. The Morgan fingerprint density at radius 2 is 2.17 bits per heavy atom. The first-order chi connectivity index (χ1) is 8.74. The number of nitrogens with zero attached hydrogens (tertiary/aromatic N) is 2. The van der Waals surface area contributed by atoms with Crippen LogP contribution in [0.4, 0.5) is 5.69 Å². The summed E-state index contributed by atoms with van der Waals surface area (Å²) in [6.07, 6.45) is 3.78. The number of hydrogen-bond donors (Lipinski definition) is 1. The molecule has 18 heavy (non-hydrogen) atoms. The molecule has 0 aliphatic carbocycles. The van der Waals surface area contributed by atoms with E-state index in [9.17, 15) is 4.79 Å². The maximum absolute atomic E-state index is 11.7. The average Bonchev–Trinajstić information content (AvgIpc) is 2.76. The molecular formula is C13H15N3OS. The molecule has 0 saturated carbocycles. The molecule has 1 heterocycles. The number of carbonyl (C=O) groups excluding carboxylic acids is 1. The SMILES string of the molecule is Cn1cc(CSCC(=O)Nc2ccccc2)cn1. The summed E-state index contributed by atoms with van der Waals surface area (Å²) in [5.74, 6) is 1.27. The number of nitrogens with one attached hydrogen (secondary N) is 1. The lowest BCUT2D eigenvalue weighted by Gasteiger charge is -2.04. The Balaban J connectivity index is 1.72. The Kier molecular flexibility index (Phi) is 4.41. The Labute approximate surface area is 110 Å². The van der Waals surface area contributed by atoms with Crippen LogP contribution in [0.2, 0.25) is 0 Å². The van der Waals surface area contributed by atoms with E-state index >= 15 is 0 Å². The third-order valence-electron chi connectivity index (χ3n) is 2.32. The Hall–Kier alpha value is -1.75. The first-order valence-electron chi connectivity index (χ1n) is 5.64. The van der Waals surface area contributed by atoms with Crippen LogP contribution in [0.3, 0.4) is 0 Å². The van der Waals surface area contributed by atoms with Gasteiger partial charge in [0.2, 0.25) is 5.91 Å². The van der Waals surface area contributed by atoms with E-state index in [1.807, 2.05) is 49.8 Å². The Bertz CT molecular complexity index is 510. The van der Waals surface area contributed by atoms with Crippen molar-refractivity contribution in [2.24, 2.45) is 7.05 Å². The number of aromatic nitrogens is 2. The maximum Gasteiger partial charge on any atom is 0.234 e. The third-order valence-corrected chi connectivity index (χ3v) is 3.32. The number of thioether (sulfide) groups is 1. The highest BCUT2D eigenvalue weighted by molar-refractivity contribution is 7.99. The quantitative estimate of drug-likeness (QED) is 0.898. The number of para-hydroxylation sites is 1. The Morgan fingerprint density at radius 3 is 2.83 bits per heavy atom. The van der Waals surface area contributed by atoms with E-state index in [1.54, 1.807) is 16.4 Å². The summed E-state index contributed by atoms with van der Waals surface area (Å²) in [4.78, 5) is 11.7. The normalized spacial score (nSPS) is 10.3. The summed E-state index contributed by atoms with van der Waals surface area (Å²) in [6, 6.07) is 9.48. The average molecular weight is 261 g/mol. The van der Waals surface area contributed by atoms with E-state index in [0.29, 0.717) is 5.75 Å². The van der Waals surface area contributed by atoms with Gasteiger partial charge in [-0.2, -0.15) is 5.10 Å². The lowest BCUT2D eigenvalue weighted by molar-refractivity contribution is -0.113. The molecule has 1 aromatic heterocycles. The predicted octanol–water partition coefficient (Wildman–Crippen LogP) is 2.29. The molecule has 0 aliphatic heterocycles. The van der Waals surface area contributed by atoms with E-state index in [4.69, 9.17) is 0 Å². The lowest BCUT2D eigenvalue weighted by Crippen LogP contribution is -2.13. The van der Waals surface area contributed by atoms with E-state index < -0.39 is 0 Å². The van der Waals surface area contributed by atoms with Crippen molar-refractivity contribution in [2.75, 3.05) is 11.1 Å². The van der Waals surface area contributed by atoms with E-state index in [2.05, 4.69) is 10.4 Å². The topological polar surface area (TPSA) is 46.9 Å². The first kappa shape index (κ1) is 12.7. The number of amides is 1. The molecule has 5 heteroatoms. The predicted molar refractivity (Wildman–Crippen MR) is 74.4 cm³/mol. The molecule has 0 bridgehead atoms.